The van der Waals surface area contributed by atoms with Gasteiger partial charge in [0.1, 0.15) is 6.10 Å². The van der Waals surface area contributed by atoms with E-state index in [9.17, 15) is 9.18 Å². The molecule has 0 bridgehead atoms. The normalized spacial score (nSPS) is 26.6. The summed E-state index contributed by atoms with van der Waals surface area (Å²) in [6.45, 7) is 6.56. The van der Waals surface area contributed by atoms with Crippen LogP contribution in [0.25, 0.3) is 0 Å². The van der Waals surface area contributed by atoms with Gasteiger partial charge in [0.25, 0.3) is 0 Å². The zero-order chi connectivity index (χ0) is 14.7. The van der Waals surface area contributed by atoms with Crippen LogP contribution in [-0.2, 0) is 0 Å². The molecule has 1 aromatic rings. The molecule has 2 rings (SSSR count). The summed E-state index contributed by atoms with van der Waals surface area (Å²) in [5, 5.41) is 0. The molecule has 0 heterocycles. The first kappa shape index (κ1) is 15.0. The van der Waals surface area contributed by atoms with Gasteiger partial charge in [0.05, 0.1) is 5.56 Å². The SMILES string of the molecule is CC1CCC(C(C)C)C(Oc2c(F)cccc2C=O)C1. The van der Waals surface area contributed by atoms with Crippen molar-refractivity contribution < 1.29 is 13.9 Å². The molecule has 0 radical (unpaired) electrons. The van der Waals surface area contributed by atoms with Gasteiger partial charge < -0.3 is 4.74 Å². The Morgan fingerprint density at radius 3 is 2.75 bits per heavy atom. The Hall–Kier alpha value is -1.38. The molecule has 1 aromatic carbocycles. The molecule has 3 atom stereocenters. The summed E-state index contributed by atoms with van der Waals surface area (Å²) in [4.78, 5) is 11.1. The molecular formula is C17H23FO2. The first-order valence-electron chi connectivity index (χ1n) is 7.43. The number of halogens is 1. The summed E-state index contributed by atoms with van der Waals surface area (Å²) >= 11 is 0. The molecule has 0 N–H and O–H groups in total. The van der Waals surface area contributed by atoms with Gasteiger partial charge in [-0.05, 0) is 42.7 Å². The lowest BCUT2D eigenvalue weighted by atomic mass is 9.75. The van der Waals surface area contributed by atoms with Crippen LogP contribution in [0.3, 0.4) is 0 Å². The van der Waals surface area contributed by atoms with Crippen molar-refractivity contribution in [3.05, 3.63) is 29.6 Å². The highest BCUT2D eigenvalue weighted by atomic mass is 19.1. The molecule has 1 fully saturated rings. The lowest BCUT2D eigenvalue weighted by molar-refractivity contribution is 0.0425. The molecule has 20 heavy (non-hydrogen) atoms. The molecular weight excluding hydrogens is 255 g/mol. The third kappa shape index (κ3) is 3.20. The molecule has 1 aliphatic rings. The molecule has 1 saturated carbocycles. The van der Waals surface area contributed by atoms with Gasteiger partial charge >= 0.3 is 0 Å². The van der Waals surface area contributed by atoms with Crippen molar-refractivity contribution in [2.45, 2.75) is 46.1 Å². The largest absolute Gasteiger partial charge is 0.486 e. The monoisotopic (exact) mass is 278 g/mol. The standard InChI is InChI=1S/C17H23FO2/c1-11(2)14-8-7-12(3)9-16(14)20-17-13(10-19)5-4-6-15(17)18/h4-6,10-12,14,16H,7-9H2,1-3H3. The average molecular weight is 278 g/mol. The number of hydrogen-bond donors (Lipinski definition) is 0. The lowest BCUT2D eigenvalue weighted by Gasteiger charge is -2.37. The van der Waals surface area contributed by atoms with Crippen LogP contribution in [0, 0.1) is 23.6 Å². The van der Waals surface area contributed by atoms with Crippen LogP contribution in [0.1, 0.15) is 50.4 Å². The molecule has 1 aliphatic carbocycles. The lowest BCUT2D eigenvalue weighted by Crippen LogP contribution is -2.36. The van der Waals surface area contributed by atoms with Crippen LogP contribution in [0.5, 0.6) is 5.75 Å². The highest BCUT2D eigenvalue weighted by molar-refractivity contribution is 5.79. The van der Waals surface area contributed by atoms with E-state index in [2.05, 4.69) is 20.8 Å². The van der Waals surface area contributed by atoms with Crippen molar-refractivity contribution in [3.63, 3.8) is 0 Å². The Labute approximate surface area is 120 Å². The van der Waals surface area contributed by atoms with Crippen LogP contribution in [-0.4, -0.2) is 12.4 Å². The number of benzene rings is 1. The molecule has 0 spiro atoms. The maximum atomic E-state index is 13.9. The molecule has 0 saturated heterocycles. The number of aldehydes is 1. The fourth-order valence-corrected chi connectivity index (χ4v) is 3.14. The number of hydrogen-bond acceptors (Lipinski definition) is 2. The Morgan fingerprint density at radius 1 is 1.35 bits per heavy atom. The van der Waals surface area contributed by atoms with Crippen LogP contribution in [0.2, 0.25) is 0 Å². The fraction of sp³-hybridized carbons (Fsp3) is 0.588. The van der Waals surface area contributed by atoms with E-state index in [1.54, 1.807) is 6.07 Å². The number of carbonyl (C=O) groups is 1. The first-order chi connectivity index (χ1) is 9.52. The topological polar surface area (TPSA) is 26.3 Å². The van der Waals surface area contributed by atoms with Crippen molar-refractivity contribution >= 4 is 6.29 Å². The minimum absolute atomic E-state index is 0.00523. The quantitative estimate of drug-likeness (QED) is 0.759. The molecule has 0 amide bonds. The highest BCUT2D eigenvalue weighted by Gasteiger charge is 2.33. The minimum Gasteiger partial charge on any atom is -0.486 e. The summed E-state index contributed by atoms with van der Waals surface area (Å²) in [7, 11) is 0. The maximum Gasteiger partial charge on any atom is 0.165 e. The van der Waals surface area contributed by atoms with E-state index in [0.717, 1.165) is 12.8 Å². The summed E-state index contributed by atoms with van der Waals surface area (Å²) < 4.78 is 19.9. The van der Waals surface area contributed by atoms with E-state index in [4.69, 9.17) is 4.74 Å². The second kappa shape index (κ2) is 6.38. The number of para-hydroxylation sites is 1. The third-order valence-electron chi connectivity index (χ3n) is 4.35. The van der Waals surface area contributed by atoms with Gasteiger partial charge in [-0.25, -0.2) is 4.39 Å². The second-order valence-electron chi connectivity index (χ2n) is 6.26. The summed E-state index contributed by atoms with van der Waals surface area (Å²) in [6, 6.07) is 4.48. The van der Waals surface area contributed by atoms with E-state index in [0.29, 0.717) is 29.6 Å². The van der Waals surface area contributed by atoms with Gasteiger partial charge in [0, 0.05) is 0 Å². The zero-order valence-corrected chi connectivity index (χ0v) is 12.4. The van der Waals surface area contributed by atoms with E-state index < -0.39 is 5.82 Å². The Balaban J connectivity index is 2.24. The second-order valence-corrected chi connectivity index (χ2v) is 6.26. The molecule has 2 nitrogen and oxygen atoms in total. The average Bonchev–Trinajstić information content (AvgIpc) is 2.40. The van der Waals surface area contributed by atoms with Gasteiger partial charge in [0.15, 0.2) is 17.9 Å². The number of rotatable bonds is 4. The maximum absolute atomic E-state index is 13.9. The van der Waals surface area contributed by atoms with Crippen molar-refractivity contribution in [1.29, 1.82) is 0 Å². The zero-order valence-electron chi connectivity index (χ0n) is 12.4. The predicted octanol–water partition coefficient (Wildman–Crippen LogP) is 4.48. The predicted molar refractivity (Wildman–Crippen MR) is 77.5 cm³/mol. The highest BCUT2D eigenvalue weighted by Crippen LogP contribution is 2.37. The van der Waals surface area contributed by atoms with Gasteiger partial charge in [-0.2, -0.15) is 0 Å². The van der Waals surface area contributed by atoms with Crippen molar-refractivity contribution in [3.8, 4) is 5.75 Å². The minimum atomic E-state index is -0.449. The first-order valence-corrected chi connectivity index (χ1v) is 7.43. The van der Waals surface area contributed by atoms with Crippen LogP contribution in [0.4, 0.5) is 4.39 Å². The molecule has 3 unspecified atom stereocenters. The third-order valence-corrected chi connectivity index (χ3v) is 4.35. The van der Waals surface area contributed by atoms with Crippen molar-refractivity contribution in [2.24, 2.45) is 17.8 Å². The van der Waals surface area contributed by atoms with Crippen LogP contribution in [0.15, 0.2) is 18.2 Å². The van der Waals surface area contributed by atoms with Gasteiger partial charge in [-0.3, -0.25) is 4.79 Å². The van der Waals surface area contributed by atoms with Gasteiger partial charge in [0.2, 0.25) is 0 Å². The van der Waals surface area contributed by atoms with E-state index in [1.807, 2.05) is 0 Å². The Bertz CT molecular complexity index is 470. The van der Waals surface area contributed by atoms with E-state index >= 15 is 0 Å². The summed E-state index contributed by atoms with van der Waals surface area (Å²) in [5.74, 6) is 1.17. The molecule has 0 aromatic heterocycles. The Kier molecular flexibility index (Phi) is 4.79. The fourth-order valence-electron chi connectivity index (χ4n) is 3.14. The summed E-state index contributed by atoms with van der Waals surface area (Å²) in [6.07, 6.45) is 3.88. The van der Waals surface area contributed by atoms with Crippen LogP contribution >= 0.6 is 0 Å². The molecule has 3 heteroatoms. The Morgan fingerprint density at radius 2 is 2.10 bits per heavy atom. The van der Waals surface area contributed by atoms with Crippen molar-refractivity contribution in [1.82, 2.24) is 0 Å². The van der Waals surface area contributed by atoms with Gasteiger partial charge in [-0.15, -0.1) is 0 Å². The number of ether oxygens (including phenoxy) is 1. The number of carbonyl (C=O) groups excluding carboxylic acids is 1. The van der Waals surface area contributed by atoms with E-state index in [-0.39, 0.29) is 11.9 Å². The summed E-state index contributed by atoms with van der Waals surface area (Å²) in [5.41, 5.74) is 0.297. The smallest absolute Gasteiger partial charge is 0.165 e. The molecule has 110 valence electrons. The molecule has 0 aliphatic heterocycles. The van der Waals surface area contributed by atoms with E-state index in [1.165, 1.54) is 18.6 Å². The van der Waals surface area contributed by atoms with Gasteiger partial charge in [-0.1, -0.05) is 33.3 Å². The van der Waals surface area contributed by atoms with Crippen LogP contribution < -0.4 is 4.74 Å². The van der Waals surface area contributed by atoms with Crippen molar-refractivity contribution in [2.75, 3.05) is 0 Å².